The number of rotatable bonds is 8. The fraction of sp³-hybridized carbons (Fsp3) is 0.591. The summed E-state index contributed by atoms with van der Waals surface area (Å²) in [7, 11) is 1.45. The van der Waals surface area contributed by atoms with Gasteiger partial charge in [0.25, 0.3) is 5.56 Å². The second kappa shape index (κ2) is 8.71. The van der Waals surface area contributed by atoms with Crippen LogP contribution in [0.4, 0.5) is 10.1 Å². The highest BCUT2D eigenvalue weighted by atomic mass is 19.1. The molecule has 31 heavy (non-hydrogen) atoms. The Morgan fingerprint density at radius 3 is 2.77 bits per heavy atom. The molecule has 2 fully saturated rings. The van der Waals surface area contributed by atoms with Gasteiger partial charge >= 0.3 is 5.69 Å². The molecule has 2 aliphatic rings. The van der Waals surface area contributed by atoms with Gasteiger partial charge in [-0.15, -0.1) is 0 Å². The molecule has 9 heteroatoms. The van der Waals surface area contributed by atoms with Crippen molar-refractivity contribution in [2.75, 3.05) is 44.7 Å². The fourth-order valence-electron chi connectivity index (χ4n) is 4.65. The molecule has 1 saturated heterocycles. The number of halogens is 1. The zero-order chi connectivity index (χ0) is 22.1. The molecule has 166 valence electrons. The van der Waals surface area contributed by atoms with Gasteiger partial charge < -0.3 is 14.5 Å². The van der Waals surface area contributed by atoms with Gasteiger partial charge in [0.15, 0.2) is 11.6 Å². The standard InChI is InChI=1S/C22H28FN5O3/c1-3-26(9-4-8-24)12-14-7-10-27(13-14)19-17(23)11-16-18(20(19)31-2)28(15-5-6-15)22(30)25-21(16)29/h11,14-15H,3-7,9-10,12-13H2,1-2H3,(H,25,29,30). The van der Waals surface area contributed by atoms with Crippen molar-refractivity contribution in [3.05, 3.63) is 32.7 Å². The normalized spacial score (nSPS) is 18.7. The maximum atomic E-state index is 15.3. The van der Waals surface area contributed by atoms with E-state index in [0.29, 0.717) is 36.6 Å². The predicted molar refractivity (Wildman–Crippen MR) is 116 cm³/mol. The van der Waals surface area contributed by atoms with Crippen LogP contribution in [0.25, 0.3) is 10.9 Å². The van der Waals surface area contributed by atoms with Crippen LogP contribution in [0.3, 0.4) is 0 Å². The van der Waals surface area contributed by atoms with Gasteiger partial charge in [0.05, 0.1) is 18.6 Å². The number of H-pyrrole nitrogens is 1. The van der Waals surface area contributed by atoms with Gasteiger partial charge in [-0.05, 0) is 37.8 Å². The molecule has 8 nitrogen and oxygen atoms in total. The van der Waals surface area contributed by atoms with Crippen molar-refractivity contribution in [3.8, 4) is 11.8 Å². The molecular formula is C22H28FN5O3. The van der Waals surface area contributed by atoms with Crippen LogP contribution in [0.2, 0.25) is 0 Å². The number of aromatic nitrogens is 2. The molecule has 1 saturated carbocycles. The third kappa shape index (κ3) is 4.04. The first kappa shape index (κ1) is 21.4. The molecule has 1 unspecified atom stereocenters. The first-order valence-corrected chi connectivity index (χ1v) is 10.9. The summed E-state index contributed by atoms with van der Waals surface area (Å²) in [6.45, 7) is 5.83. The molecule has 0 bridgehead atoms. The Kier molecular flexibility index (Phi) is 6.01. The fourth-order valence-corrected chi connectivity index (χ4v) is 4.65. The molecule has 0 amide bonds. The Morgan fingerprint density at radius 2 is 2.13 bits per heavy atom. The number of hydrogen-bond donors (Lipinski definition) is 1. The first-order valence-electron chi connectivity index (χ1n) is 10.9. The predicted octanol–water partition coefficient (Wildman–Crippen LogP) is 2.23. The highest BCUT2D eigenvalue weighted by molar-refractivity contribution is 5.91. The molecule has 0 radical (unpaired) electrons. The number of ether oxygens (including phenoxy) is 1. The van der Waals surface area contributed by atoms with Crippen LogP contribution in [0, 0.1) is 23.1 Å². The zero-order valence-electron chi connectivity index (χ0n) is 18.0. The van der Waals surface area contributed by atoms with Crippen molar-refractivity contribution in [3.63, 3.8) is 0 Å². The average Bonchev–Trinajstić information content (AvgIpc) is 3.48. The van der Waals surface area contributed by atoms with Gasteiger partial charge in [-0.3, -0.25) is 14.3 Å². The van der Waals surface area contributed by atoms with Crippen molar-refractivity contribution in [1.29, 1.82) is 5.26 Å². The number of fused-ring (bicyclic) bond motifs is 1. The summed E-state index contributed by atoms with van der Waals surface area (Å²) in [5.74, 6) is 0.0687. The molecule has 0 spiro atoms. The summed E-state index contributed by atoms with van der Waals surface area (Å²) in [6.07, 6.45) is 3.08. The quantitative estimate of drug-likeness (QED) is 0.692. The van der Waals surface area contributed by atoms with E-state index >= 15 is 4.39 Å². The van der Waals surface area contributed by atoms with E-state index in [-0.39, 0.29) is 17.2 Å². The van der Waals surface area contributed by atoms with E-state index in [4.69, 9.17) is 10.00 Å². The molecule has 1 N–H and O–H groups in total. The molecule has 1 aliphatic carbocycles. The smallest absolute Gasteiger partial charge is 0.329 e. The third-order valence-corrected chi connectivity index (χ3v) is 6.33. The lowest BCUT2D eigenvalue weighted by Gasteiger charge is -2.26. The molecule has 4 rings (SSSR count). The molecule has 1 aromatic carbocycles. The lowest BCUT2D eigenvalue weighted by Crippen LogP contribution is -2.32. The SMILES string of the molecule is CCN(CCC#N)CC1CCN(c2c(F)cc3c(=O)[nH]c(=O)n(C4CC4)c3c2OC)C1. The maximum Gasteiger partial charge on any atom is 0.329 e. The number of anilines is 1. The Balaban J connectivity index is 1.71. The Bertz CT molecular complexity index is 1130. The van der Waals surface area contributed by atoms with Crippen molar-refractivity contribution >= 4 is 16.6 Å². The molecule has 2 aromatic rings. The van der Waals surface area contributed by atoms with Crippen molar-refractivity contribution in [2.45, 2.75) is 38.6 Å². The van der Waals surface area contributed by atoms with Gasteiger partial charge in [-0.2, -0.15) is 5.26 Å². The van der Waals surface area contributed by atoms with Crippen LogP contribution in [0.15, 0.2) is 15.7 Å². The number of nitriles is 1. The topological polar surface area (TPSA) is 94.4 Å². The summed E-state index contributed by atoms with van der Waals surface area (Å²) >= 11 is 0. The number of hydrogen-bond acceptors (Lipinski definition) is 6. The van der Waals surface area contributed by atoms with Gasteiger partial charge in [0.1, 0.15) is 11.2 Å². The van der Waals surface area contributed by atoms with Crippen molar-refractivity contribution in [2.24, 2.45) is 5.92 Å². The van der Waals surface area contributed by atoms with E-state index in [2.05, 4.69) is 22.9 Å². The number of nitrogens with one attached hydrogen (secondary N) is 1. The van der Waals surface area contributed by atoms with Crippen LogP contribution < -0.4 is 20.9 Å². The van der Waals surface area contributed by atoms with Crippen LogP contribution in [-0.4, -0.2) is 54.3 Å². The summed E-state index contributed by atoms with van der Waals surface area (Å²) in [4.78, 5) is 31.5. The third-order valence-electron chi connectivity index (χ3n) is 6.33. The largest absolute Gasteiger partial charge is 0.492 e. The van der Waals surface area contributed by atoms with E-state index in [0.717, 1.165) is 38.9 Å². The highest BCUT2D eigenvalue weighted by Crippen LogP contribution is 2.43. The Morgan fingerprint density at radius 1 is 1.35 bits per heavy atom. The minimum absolute atomic E-state index is 0.00337. The van der Waals surface area contributed by atoms with E-state index < -0.39 is 17.1 Å². The van der Waals surface area contributed by atoms with Crippen LogP contribution >= 0.6 is 0 Å². The summed E-state index contributed by atoms with van der Waals surface area (Å²) < 4.78 is 22.4. The lowest BCUT2D eigenvalue weighted by atomic mass is 10.1. The summed E-state index contributed by atoms with van der Waals surface area (Å²) in [5, 5.41) is 8.99. The van der Waals surface area contributed by atoms with Crippen molar-refractivity contribution in [1.82, 2.24) is 14.5 Å². The van der Waals surface area contributed by atoms with E-state index in [9.17, 15) is 9.59 Å². The number of aromatic amines is 1. The van der Waals surface area contributed by atoms with Gasteiger partial charge in [0.2, 0.25) is 0 Å². The zero-order valence-corrected chi connectivity index (χ0v) is 18.0. The van der Waals surface area contributed by atoms with Crippen LogP contribution in [-0.2, 0) is 0 Å². The molecule has 1 aliphatic heterocycles. The molecular weight excluding hydrogens is 401 g/mol. The minimum atomic E-state index is -0.601. The van der Waals surface area contributed by atoms with E-state index in [1.165, 1.54) is 13.2 Å². The Hall–Kier alpha value is -2.86. The van der Waals surface area contributed by atoms with Crippen LogP contribution in [0.5, 0.6) is 5.75 Å². The van der Waals surface area contributed by atoms with E-state index in [1.54, 1.807) is 4.57 Å². The molecule has 2 heterocycles. The maximum absolute atomic E-state index is 15.3. The van der Waals surface area contributed by atoms with Crippen molar-refractivity contribution < 1.29 is 9.13 Å². The second-order valence-electron chi connectivity index (χ2n) is 8.40. The number of nitrogens with zero attached hydrogens (tertiary/aromatic N) is 4. The number of benzene rings is 1. The van der Waals surface area contributed by atoms with Gasteiger partial charge in [-0.1, -0.05) is 6.92 Å². The van der Waals surface area contributed by atoms with Gasteiger partial charge in [0, 0.05) is 38.6 Å². The molecule has 1 aromatic heterocycles. The second-order valence-corrected chi connectivity index (χ2v) is 8.40. The van der Waals surface area contributed by atoms with Crippen LogP contribution in [0.1, 0.15) is 38.6 Å². The number of methoxy groups -OCH3 is 1. The Labute approximate surface area is 179 Å². The lowest BCUT2D eigenvalue weighted by molar-refractivity contribution is 0.254. The summed E-state index contributed by atoms with van der Waals surface area (Å²) in [6, 6.07) is 3.41. The minimum Gasteiger partial charge on any atom is -0.492 e. The molecule has 1 atom stereocenters. The highest BCUT2D eigenvalue weighted by Gasteiger charge is 2.33. The average molecular weight is 429 g/mol. The summed E-state index contributed by atoms with van der Waals surface area (Å²) in [5.41, 5.74) is -0.387. The van der Waals surface area contributed by atoms with Gasteiger partial charge in [-0.25, -0.2) is 9.18 Å². The van der Waals surface area contributed by atoms with E-state index in [1.807, 2.05) is 4.90 Å². The first-order chi connectivity index (χ1) is 15.0. The monoisotopic (exact) mass is 429 g/mol.